The van der Waals surface area contributed by atoms with Crippen molar-refractivity contribution in [2.24, 2.45) is 5.10 Å². The molecule has 4 nitrogen and oxygen atoms in total. The molecule has 16 heavy (non-hydrogen) atoms. The van der Waals surface area contributed by atoms with Gasteiger partial charge in [-0.1, -0.05) is 12.2 Å². The van der Waals surface area contributed by atoms with Crippen LogP contribution in [0.15, 0.2) is 41.7 Å². The molecule has 1 rings (SSSR count). The largest absolute Gasteiger partial charge is 0.313 e. The number of nitrogens with one attached hydrogen (secondary N) is 1. The lowest BCUT2D eigenvalue weighted by atomic mass is 10.3. The van der Waals surface area contributed by atoms with Crippen LogP contribution in [0.1, 0.15) is 12.6 Å². The lowest BCUT2D eigenvalue weighted by molar-refractivity contribution is 0.694. The molecule has 1 aromatic heterocycles. The first kappa shape index (κ1) is 12.2. The van der Waals surface area contributed by atoms with Crippen LogP contribution in [0.5, 0.6) is 0 Å². The monoisotopic (exact) mass is 218 g/mol. The third kappa shape index (κ3) is 4.13. The second-order valence-electron chi connectivity index (χ2n) is 3.34. The summed E-state index contributed by atoms with van der Waals surface area (Å²) < 4.78 is 1.89. The SMILES string of the molecule is C/C=C/C(/C=C/Cn1ccc(C)n1)=N\NC. The molecule has 1 heterocycles. The van der Waals surface area contributed by atoms with E-state index in [1.165, 1.54) is 0 Å². The zero-order chi connectivity index (χ0) is 11.8. The van der Waals surface area contributed by atoms with E-state index in [2.05, 4.69) is 15.6 Å². The van der Waals surface area contributed by atoms with Crippen molar-refractivity contribution in [3.63, 3.8) is 0 Å². The molecule has 0 aliphatic carbocycles. The average molecular weight is 218 g/mol. The maximum absolute atomic E-state index is 4.29. The van der Waals surface area contributed by atoms with Gasteiger partial charge in [0, 0.05) is 13.2 Å². The van der Waals surface area contributed by atoms with E-state index in [9.17, 15) is 0 Å². The molecule has 0 saturated heterocycles. The van der Waals surface area contributed by atoms with Crippen molar-refractivity contribution in [3.8, 4) is 0 Å². The number of hydrazone groups is 1. The van der Waals surface area contributed by atoms with E-state index in [4.69, 9.17) is 0 Å². The first-order valence-corrected chi connectivity index (χ1v) is 5.30. The molecule has 0 bridgehead atoms. The van der Waals surface area contributed by atoms with E-state index in [0.29, 0.717) is 0 Å². The van der Waals surface area contributed by atoms with E-state index in [0.717, 1.165) is 18.0 Å². The van der Waals surface area contributed by atoms with Crippen LogP contribution in [-0.2, 0) is 6.54 Å². The van der Waals surface area contributed by atoms with Crippen LogP contribution in [0.25, 0.3) is 0 Å². The van der Waals surface area contributed by atoms with Gasteiger partial charge < -0.3 is 5.43 Å². The molecule has 1 N–H and O–H groups in total. The van der Waals surface area contributed by atoms with Gasteiger partial charge in [0.1, 0.15) is 0 Å². The number of aromatic nitrogens is 2. The number of hydrogen-bond acceptors (Lipinski definition) is 3. The number of rotatable bonds is 5. The molecule has 0 amide bonds. The van der Waals surface area contributed by atoms with Crippen LogP contribution in [0.4, 0.5) is 0 Å². The lowest BCUT2D eigenvalue weighted by Gasteiger charge is -1.95. The molecule has 1 aromatic rings. The fourth-order valence-electron chi connectivity index (χ4n) is 1.28. The van der Waals surface area contributed by atoms with Gasteiger partial charge in [-0.05, 0) is 32.1 Å². The smallest absolute Gasteiger partial charge is 0.0823 e. The molecule has 0 aliphatic rings. The Kier molecular flexibility index (Phi) is 5.05. The highest BCUT2D eigenvalue weighted by molar-refractivity contribution is 6.03. The van der Waals surface area contributed by atoms with Crippen LogP contribution < -0.4 is 5.43 Å². The highest BCUT2D eigenvalue weighted by atomic mass is 15.3. The Bertz CT molecular complexity index is 399. The zero-order valence-corrected chi connectivity index (χ0v) is 10.0. The molecule has 0 spiro atoms. The van der Waals surface area contributed by atoms with Gasteiger partial charge in [-0.2, -0.15) is 10.2 Å². The number of allylic oxidation sites excluding steroid dienone is 4. The van der Waals surface area contributed by atoms with E-state index in [-0.39, 0.29) is 0 Å². The minimum Gasteiger partial charge on any atom is -0.313 e. The highest BCUT2D eigenvalue weighted by Gasteiger charge is 1.90. The molecular formula is C12H18N4. The topological polar surface area (TPSA) is 42.2 Å². The predicted octanol–water partition coefficient (Wildman–Crippen LogP) is 1.90. The lowest BCUT2D eigenvalue weighted by Crippen LogP contribution is -2.01. The van der Waals surface area contributed by atoms with E-state index in [1.54, 1.807) is 7.05 Å². The van der Waals surface area contributed by atoms with Crippen molar-refractivity contribution in [2.45, 2.75) is 20.4 Å². The molecular weight excluding hydrogens is 200 g/mol. The average Bonchev–Trinajstić information content (AvgIpc) is 2.65. The van der Waals surface area contributed by atoms with Gasteiger partial charge in [-0.3, -0.25) is 4.68 Å². The minimum atomic E-state index is 0.758. The van der Waals surface area contributed by atoms with Crippen molar-refractivity contribution in [1.82, 2.24) is 15.2 Å². The molecule has 86 valence electrons. The van der Waals surface area contributed by atoms with E-state index in [1.807, 2.05) is 55.1 Å². The minimum absolute atomic E-state index is 0.758. The summed E-state index contributed by atoms with van der Waals surface area (Å²) >= 11 is 0. The molecule has 0 fully saturated rings. The summed E-state index contributed by atoms with van der Waals surface area (Å²) in [5.74, 6) is 0. The normalized spacial score (nSPS) is 12.8. The molecule has 0 aliphatic heterocycles. The molecule has 4 heteroatoms. The maximum atomic E-state index is 4.29. The van der Waals surface area contributed by atoms with Gasteiger partial charge in [0.25, 0.3) is 0 Å². The first-order valence-electron chi connectivity index (χ1n) is 5.30. The number of nitrogens with zero attached hydrogens (tertiary/aromatic N) is 3. The second-order valence-corrected chi connectivity index (χ2v) is 3.34. The maximum Gasteiger partial charge on any atom is 0.0823 e. The fourth-order valence-corrected chi connectivity index (χ4v) is 1.28. The van der Waals surface area contributed by atoms with Crippen molar-refractivity contribution in [2.75, 3.05) is 7.05 Å². The zero-order valence-electron chi connectivity index (χ0n) is 10.0. The Morgan fingerprint density at radius 2 is 2.38 bits per heavy atom. The van der Waals surface area contributed by atoms with E-state index >= 15 is 0 Å². The van der Waals surface area contributed by atoms with Gasteiger partial charge in [0.2, 0.25) is 0 Å². The summed E-state index contributed by atoms with van der Waals surface area (Å²) in [5.41, 5.74) is 4.70. The molecule has 0 aromatic carbocycles. The Labute approximate surface area is 96.4 Å². The second kappa shape index (κ2) is 6.61. The number of hydrogen-bond donors (Lipinski definition) is 1. The summed E-state index contributed by atoms with van der Waals surface area (Å²) in [7, 11) is 1.79. The molecule has 0 atom stereocenters. The van der Waals surface area contributed by atoms with Crippen molar-refractivity contribution in [1.29, 1.82) is 0 Å². The summed E-state index contributed by atoms with van der Waals surface area (Å²) in [5, 5.41) is 8.41. The van der Waals surface area contributed by atoms with Crippen LogP contribution in [0.2, 0.25) is 0 Å². The first-order chi connectivity index (χ1) is 7.76. The Hall–Kier alpha value is -1.84. The van der Waals surface area contributed by atoms with Crippen molar-refractivity contribution < 1.29 is 0 Å². The van der Waals surface area contributed by atoms with Gasteiger partial charge in [-0.25, -0.2) is 0 Å². The van der Waals surface area contributed by atoms with Crippen LogP contribution in [-0.4, -0.2) is 22.5 Å². The summed E-state index contributed by atoms with van der Waals surface area (Å²) in [4.78, 5) is 0. The summed E-state index contributed by atoms with van der Waals surface area (Å²) in [6.45, 7) is 4.71. The molecule has 0 unspecified atom stereocenters. The van der Waals surface area contributed by atoms with Gasteiger partial charge in [0.05, 0.1) is 18.0 Å². The Morgan fingerprint density at radius 1 is 1.56 bits per heavy atom. The third-order valence-corrected chi connectivity index (χ3v) is 1.93. The summed E-state index contributed by atoms with van der Waals surface area (Å²) in [6.07, 6.45) is 9.86. The van der Waals surface area contributed by atoms with Gasteiger partial charge >= 0.3 is 0 Å². The molecule has 0 radical (unpaired) electrons. The standard InChI is InChI=1S/C12H18N4/c1-4-6-12(14-13-3)7-5-9-16-10-8-11(2)15-16/h4-8,10,13H,9H2,1-3H3/b6-4+,7-5+,14-12+. The Morgan fingerprint density at radius 3 is 2.94 bits per heavy atom. The van der Waals surface area contributed by atoms with E-state index < -0.39 is 0 Å². The summed E-state index contributed by atoms with van der Waals surface area (Å²) in [6, 6.07) is 1.99. The van der Waals surface area contributed by atoms with Gasteiger partial charge in [0.15, 0.2) is 0 Å². The van der Waals surface area contributed by atoms with Crippen LogP contribution in [0.3, 0.4) is 0 Å². The molecule has 0 saturated carbocycles. The van der Waals surface area contributed by atoms with Gasteiger partial charge in [-0.15, -0.1) is 0 Å². The fraction of sp³-hybridized carbons (Fsp3) is 0.333. The number of aryl methyl sites for hydroxylation is 1. The van der Waals surface area contributed by atoms with Crippen LogP contribution >= 0.6 is 0 Å². The van der Waals surface area contributed by atoms with Crippen molar-refractivity contribution >= 4 is 5.71 Å². The highest BCUT2D eigenvalue weighted by Crippen LogP contribution is 1.93. The van der Waals surface area contributed by atoms with Crippen molar-refractivity contribution in [3.05, 3.63) is 42.3 Å². The predicted molar refractivity (Wildman–Crippen MR) is 67.4 cm³/mol. The Balaban J connectivity index is 2.55. The third-order valence-electron chi connectivity index (χ3n) is 1.93. The van der Waals surface area contributed by atoms with Crippen LogP contribution in [0, 0.1) is 6.92 Å². The quantitative estimate of drug-likeness (QED) is 0.606.